The van der Waals surface area contributed by atoms with E-state index in [9.17, 15) is 22.4 Å². The molecule has 114 valence electrons. The van der Waals surface area contributed by atoms with E-state index >= 15 is 0 Å². The molecule has 2 N–H and O–H groups in total. The highest BCUT2D eigenvalue weighted by molar-refractivity contribution is 5.26. The van der Waals surface area contributed by atoms with E-state index in [4.69, 9.17) is 5.84 Å². The minimum absolute atomic E-state index is 0.483. The van der Waals surface area contributed by atoms with Crippen LogP contribution in [-0.4, -0.2) is 37.6 Å². The van der Waals surface area contributed by atoms with Crippen LogP contribution in [0.3, 0.4) is 0 Å². The van der Waals surface area contributed by atoms with Gasteiger partial charge in [0.05, 0.1) is 6.07 Å². The predicted molar refractivity (Wildman–Crippen MR) is 56.8 cm³/mol. The molecule has 0 saturated heterocycles. The molecule has 2 aromatic rings. The van der Waals surface area contributed by atoms with Gasteiger partial charge in [-0.3, -0.25) is 0 Å². The zero-order valence-electron chi connectivity index (χ0n) is 9.86. The van der Waals surface area contributed by atoms with Gasteiger partial charge in [0, 0.05) is 0 Å². The Hall–Kier alpha value is -2.86. The number of rotatable bonds is 5. The number of alkyl halides is 4. The summed E-state index contributed by atoms with van der Waals surface area (Å²) in [6.45, 7) is -6.54. The van der Waals surface area contributed by atoms with Gasteiger partial charge in [-0.05, 0) is 0 Å². The molecule has 2 heterocycles. The minimum Gasteiger partial charge on any atom is -0.417 e. The number of nitrogen functional groups attached to an aromatic ring is 1. The third-order valence-electron chi connectivity index (χ3n) is 1.97. The molecule has 0 bridgehead atoms. The van der Waals surface area contributed by atoms with Crippen LogP contribution in [0.25, 0.3) is 5.95 Å². The maximum atomic E-state index is 12.2. The van der Waals surface area contributed by atoms with Gasteiger partial charge in [-0.2, -0.15) is 32.2 Å². The van der Waals surface area contributed by atoms with Crippen LogP contribution in [0, 0.1) is 0 Å². The van der Waals surface area contributed by atoms with Gasteiger partial charge in [-0.1, -0.05) is 0 Å². The van der Waals surface area contributed by atoms with E-state index in [1.807, 2.05) is 0 Å². The van der Waals surface area contributed by atoms with E-state index < -0.39 is 36.6 Å². The van der Waals surface area contributed by atoms with E-state index in [0.29, 0.717) is 15.4 Å². The van der Waals surface area contributed by atoms with Crippen LogP contribution < -0.4 is 21.0 Å². The SMILES string of the molecule is Nn1cnn(-c2nc(OC(F)F)cc(OC(F)F)n2)c1=O. The van der Waals surface area contributed by atoms with E-state index in [1.165, 1.54) is 0 Å². The van der Waals surface area contributed by atoms with Crippen molar-refractivity contribution in [2.24, 2.45) is 0 Å². The van der Waals surface area contributed by atoms with Gasteiger partial charge in [-0.15, -0.1) is 9.78 Å². The molecule has 0 spiro atoms. The molecule has 0 aromatic carbocycles. The molecular weight excluding hydrogens is 304 g/mol. The molecule has 0 fully saturated rings. The van der Waals surface area contributed by atoms with Gasteiger partial charge in [0.15, 0.2) is 0 Å². The summed E-state index contributed by atoms with van der Waals surface area (Å²) in [5.74, 6) is 2.98. The molecule has 13 heteroatoms. The predicted octanol–water partition coefficient (Wildman–Crippen LogP) is -0.259. The Morgan fingerprint density at radius 1 is 1.10 bits per heavy atom. The van der Waals surface area contributed by atoms with E-state index in [1.54, 1.807) is 0 Å². The van der Waals surface area contributed by atoms with Gasteiger partial charge >= 0.3 is 18.9 Å². The number of aromatic nitrogens is 5. The summed E-state index contributed by atoms with van der Waals surface area (Å²) in [5.41, 5.74) is -0.938. The summed E-state index contributed by atoms with van der Waals surface area (Å²) in [4.78, 5) is 18.4. The van der Waals surface area contributed by atoms with Gasteiger partial charge in [0.25, 0.3) is 5.95 Å². The maximum absolute atomic E-state index is 12.2. The molecule has 0 aliphatic heterocycles. The van der Waals surface area contributed by atoms with E-state index in [0.717, 1.165) is 6.33 Å². The molecule has 0 radical (unpaired) electrons. The van der Waals surface area contributed by atoms with Crippen molar-refractivity contribution in [1.29, 1.82) is 0 Å². The monoisotopic (exact) mass is 310 g/mol. The van der Waals surface area contributed by atoms with E-state index in [2.05, 4.69) is 24.5 Å². The topological polar surface area (TPSA) is 110 Å². The third kappa shape index (κ3) is 3.37. The minimum atomic E-state index is -3.27. The van der Waals surface area contributed by atoms with Crippen molar-refractivity contribution in [3.8, 4) is 17.7 Å². The third-order valence-corrected chi connectivity index (χ3v) is 1.97. The van der Waals surface area contributed by atoms with Gasteiger partial charge in [0.2, 0.25) is 11.8 Å². The number of hydrogen-bond donors (Lipinski definition) is 1. The Bertz CT molecular complexity index is 659. The smallest absolute Gasteiger partial charge is 0.388 e. The Morgan fingerprint density at radius 2 is 1.62 bits per heavy atom. The second kappa shape index (κ2) is 5.64. The highest BCUT2D eigenvalue weighted by atomic mass is 19.3. The lowest BCUT2D eigenvalue weighted by molar-refractivity contribution is -0.0581. The fraction of sp³-hybridized carbons (Fsp3) is 0.250. The first-order chi connectivity index (χ1) is 9.86. The summed E-state index contributed by atoms with van der Waals surface area (Å²) in [7, 11) is 0. The van der Waals surface area contributed by atoms with Crippen LogP contribution in [0.15, 0.2) is 17.2 Å². The molecule has 0 unspecified atom stereocenters. The van der Waals surface area contributed by atoms with Crippen molar-refractivity contribution < 1.29 is 27.0 Å². The van der Waals surface area contributed by atoms with Crippen molar-refractivity contribution in [2.75, 3.05) is 5.84 Å². The normalized spacial score (nSPS) is 11.1. The lowest BCUT2D eigenvalue weighted by Crippen LogP contribution is -2.29. The van der Waals surface area contributed by atoms with Crippen molar-refractivity contribution in [2.45, 2.75) is 13.2 Å². The zero-order valence-corrected chi connectivity index (χ0v) is 9.86. The lowest BCUT2D eigenvalue weighted by Gasteiger charge is -2.08. The first-order valence-electron chi connectivity index (χ1n) is 5.07. The first-order valence-corrected chi connectivity index (χ1v) is 5.07. The van der Waals surface area contributed by atoms with Crippen LogP contribution in [0.5, 0.6) is 11.8 Å². The Morgan fingerprint density at radius 3 is 2.00 bits per heavy atom. The standard InChI is InChI=1S/C8H6F4N6O3/c9-5(10)20-3-1-4(21-6(11)12)16-7(15-3)18-8(19)17(13)2-14-18/h1-2,5-6H,13H2. The van der Waals surface area contributed by atoms with Crippen LogP contribution in [0.2, 0.25) is 0 Å². The highest BCUT2D eigenvalue weighted by Gasteiger charge is 2.17. The van der Waals surface area contributed by atoms with Crippen LogP contribution >= 0.6 is 0 Å². The fourth-order valence-corrected chi connectivity index (χ4v) is 1.24. The van der Waals surface area contributed by atoms with Crippen LogP contribution in [0.1, 0.15) is 0 Å². The van der Waals surface area contributed by atoms with Gasteiger partial charge in [0.1, 0.15) is 6.33 Å². The number of hydrogen-bond acceptors (Lipinski definition) is 7. The number of nitrogens with two attached hydrogens (primary N) is 1. The van der Waals surface area contributed by atoms with Crippen molar-refractivity contribution >= 4 is 0 Å². The summed E-state index contributed by atoms with van der Waals surface area (Å²) in [5, 5.41) is 3.46. The number of nitrogens with zero attached hydrogens (tertiary/aromatic N) is 5. The lowest BCUT2D eigenvalue weighted by atomic mass is 10.6. The van der Waals surface area contributed by atoms with E-state index in [-0.39, 0.29) is 0 Å². The molecular formula is C8H6F4N6O3. The van der Waals surface area contributed by atoms with Crippen molar-refractivity contribution in [3.63, 3.8) is 0 Å². The molecule has 0 atom stereocenters. The second-order valence-corrected chi connectivity index (χ2v) is 3.33. The first kappa shape index (κ1) is 14.5. The number of ether oxygens (including phenoxy) is 2. The quantitative estimate of drug-likeness (QED) is 0.598. The summed E-state index contributed by atoms with van der Waals surface area (Å²) in [6, 6.07) is 0.603. The fourth-order valence-electron chi connectivity index (χ4n) is 1.24. The summed E-state index contributed by atoms with van der Waals surface area (Å²) in [6.07, 6.45) is 0.875. The Balaban J connectivity index is 2.48. The molecule has 2 rings (SSSR count). The van der Waals surface area contributed by atoms with Crippen molar-refractivity contribution in [1.82, 2.24) is 24.4 Å². The second-order valence-electron chi connectivity index (χ2n) is 3.33. The maximum Gasteiger partial charge on any atom is 0.388 e. The summed E-state index contributed by atoms with van der Waals surface area (Å²) >= 11 is 0. The van der Waals surface area contributed by atoms with Crippen LogP contribution in [-0.2, 0) is 0 Å². The highest BCUT2D eigenvalue weighted by Crippen LogP contribution is 2.20. The largest absolute Gasteiger partial charge is 0.417 e. The molecule has 0 amide bonds. The Labute approximate surface area is 112 Å². The molecule has 0 saturated carbocycles. The molecule has 0 aliphatic rings. The average molecular weight is 310 g/mol. The average Bonchev–Trinajstić information content (AvgIpc) is 2.68. The van der Waals surface area contributed by atoms with Gasteiger partial charge in [-0.25, -0.2) is 4.79 Å². The molecule has 0 aliphatic carbocycles. The number of halogens is 4. The molecule has 9 nitrogen and oxygen atoms in total. The molecule has 21 heavy (non-hydrogen) atoms. The van der Waals surface area contributed by atoms with Gasteiger partial charge < -0.3 is 15.3 Å². The van der Waals surface area contributed by atoms with Crippen LogP contribution in [0.4, 0.5) is 17.6 Å². The van der Waals surface area contributed by atoms with Crippen molar-refractivity contribution in [3.05, 3.63) is 22.9 Å². The zero-order chi connectivity index (χ0) is 15.6. The Kier molecular flexibility index (Phi) is 3.91. The molecule has 2 aromatic heterocycles. The summed E-state index contributed by atoms with van der Waals surface area (Å²) < 4.78 is 57.5.